The van der Waals surface area contributed by atoms with Gasteiger partial charge in [0, 0.05) is 36.5 Å². The molecule has 2 unspecified atom stereocenters. The van der Waals surface area contributed by atoms with Crippen LogP contribution in [-0.4, -0.2) is 41.6 Å². The number of piperazine rings is 1. The largest absolute Gasteiger partial charge is 0.307 e. The van der Waals surface area contributed by atoms with E-state index in [-0.39, 0.29) is 0 Å². The first-order valence-corrected chi connectivity index (χ1v) is 9.06. The van der Waals surface area contributed by atoms with Gasteiger partial charge in [-0.2, -0.15) is 11.8 Å². The van der Waals surface area contributed by atoms with Crippen molar-refractivity contribution in [2.24, 2.45) is 0 Å². The minimum atomic E-state index is 0.497. The van der Waals surface area contributed by atoms with Crippen molar-refractivity contribution in [3.8, 4) is 0 Å². The standard InChI is InChI=1S/C17H26N2S/c1-3-15-11-18-16(14-7-5-4-6-8-14)12-19(15)13-17(20-2)9-10-17/h4-8,15-16,18H,3,9-13H2,1-2H3. The third-order valence-electron chi connectivity index (χ3n) is 4.94. The van der Waals surface area contributed by atoms with Crippen molar-refractivity contribution in [3.63, 3.8) is 0 Å². The molecule has 2 nitrogen and oxygen atoms in total. The molecule has 3 heteroatoms. The summed E-state index contributed by atoms with van der Waals surface area (Å²) >= 11 is 2.08. The molecule has 0 amide bonds. The Bertz CT molecular complexity index is 430. The highest BCUT2D eigenvalue weighted by molar-refractivity contribution is 8.00. The minimum absolute atomic E-state index is 0.497. The van der Waals surface area contributed by atoms with E-state index >= 15 is 0 Å². The van der Waals surface area contributed by atoms with Gasteiger partial charge >= 0.3 is 0 Å². The van der Waals surface area contributed by atoms with Crippen LogP contribution in [-0.2, 0) is 0 Å². The zero-order valence-electron chi connectivity index (χ0n) is 12.6. The molecule has 1 aliphatic carbocycles. The van der Waals surface area contributed by atoms with E-state index in [0.717, 1.165) is 13.1 Å². The van der Waals surface area contributed by atoms with E-state index in [1.54, 1.807) is 0 Å². The Hall–Kier alpha value is -0.510. The number of thioether (sulfide) groups is 1. The summed E-state index contributed by atoms with van der Waals surface area (Å²) in [6.07, 6.45) is 6.35. The summed E-state index contributed by atoms with van der Waals surface area (Å²) in [7, 11) is 0. The maximum Gasteiger partial charge on any atom is 0.0449 e. The Labute approximate surface area is 127 Å². The van der Waals surface area contributed by atoms with E-state index in [4.69, 9.17) is 0 Å². The first-order chi connectivity index (χ1) is 9.76. The van der Waals surface area contributed by atoms with Crippen molar-refractivity contribution in [2.45, 2.75) is 43.0 Å². The van der Waals surface area contributed by atoms with Crippen molar-refractivity contribution in [1.29, 1.82) is 0 Å². The molecule has 3 rings (SSSR count). The van der Waals surface area contributed by atoms with Crippen LogP contribution in [0, 0.1) is 0 Å². The van der Waals surface area contributed by atoms with Crippen LogP contribution in [0.25, 0.3) is 0 Å². The smallest absolute Gasteiger partial charge is 0.0449 e. The molecule has 1 aliphatic heterocycles. The molecule has 0 aromatic heterocycles. The second-order valence-corrected chi connectivity index (χ2v) is 7.52. The lowest BCUT2D eigenvalue weighted by Crippen LogP contribution is -2.54. The molecule has 0 bridgehead atoms. The Morgan fingerprint density at radius 3 is 2.65 bits per heavy atom. The van der Waals surface area contributed by atoms with Crippen molar-refractivity contribution < 1.29 is 0 Å². The van der Waals surface area contributed by atoms with Crippen LogP contribution in [0.2, 0.25) is 0 Å². The van der Waals surface area contributed by atoms with Gasteiger partial charge in [-0.3, -0.25) is 4.90 Å². The molecule has 1 heterocycles. The quantitative estimate of drug-likeness (QED) is 0.895. The fourth-order valence-corrected chi connectivity index (χ4v) is 4.10. The Balaban J connectivity index is 1.69. The molecule has 1 aromatic carbocycles. The average Bonchev–Trinajstić information content (AvgIpc) is 3.28. The van der Waals surface area contributed by atoms with Crippen LogP contribution < -0.4 is 5.32 Å². The van der Waals surface area contributed by atoms with Crippen molar-refractivity contribution in [2.75, 3.05) is 25.9 Å². The number of benzene rings is 1. The Morgan fingerprint density at radius 2 is 2.05 bits per heavy atom. The first-order valence-electron chi connectivity index (χ1n) is 7.84. The summed E-state index contributed by atoms with van der Waals surface area (Å²) in [5, 5.41) is 3.74. The number of hydrogen-bond donors (Lipinski definition) is 1. The van der Waals surface area contributed by atoms with Crippen molar-refractivity contribution in [1.82, 2.24) is 10.2 Å². The molecule has 110 valence electrons. The highest BCUT2D eigenvalue weighted by Crippen LogP contribution is 2.48. The monoisotopic (exact) mass is 290 g/mol. The number of rotatable bonds is 5. The van der Waals surface area contributed by atoms with Gasteiger partial charge in [-0.15, -0.1) is 0 Å². The average molecular weight is 290 g/mol. The third-order valence-corrected chi connectivity index (χ3v) is 6.34. The van der Waals surface area contributed by atoms with Gasteiger partial charge in [0.2, 0.25) is 0 Å². The molecule has 1 aromatic rings. The molecule has 1 saturated heterocycles. The maximum absolute atomic E-state index is 3.74. The van der Waals surface area contributed by atoms with Crippen molar-refractivity contribution >= 4 is 11.8 Å². The van der Waals surface area contributed by atoms with Crippen LogP contribution in [0.5, 0.6) is 0 Å². The van der Waals surface area contributed by atoms with Gasteiger partial charge in [0.05, 0.1) is 0 Å². The SMILES string of the molecule is CCC1CNC(c2ccccc2)CN1CC1(SC)CC1. The van der Waals surface area contributed by atoms with E-state index in [1.807, 2.05) is 0 Å². The van der Waals surface area contributed by atoms with E-state index in [0.29, 0.717) is 16.8 Å². The van der Waals surface area contributed by atoms with Crippen LogP contribution in [0.15, 0.2) is 30.3 Å². The topological polar surface area (TPSA) is 15.3 Å². The van der Waals surface area contributed by atoms with E-state index in [9.17, 15) is 0 Å². The summed E-state index contributed by atoms with van der Waals surface area (Å²) in [6.45, 7) is 5.88. The van der Waals surface area contributed by atoms with Gasteiger partial charge in [0.25, 0.3) is 0 Å². The lowest BCUT2D eigenvalue weighted by molar-refractivity contribution is 0.125. The Kier molecular flexibility index (Phi) is 4.39. The van der Waals surface area contributed by atoms with E-state index < -0.39 is 0 Å². The molecule has 2 atom stereocenters. The molecule has 0 spiro atoms. The predicted molar refractivity (Wildman–Crippen MR) is 88.3 cm³/mol. The number of nitrogens with zero attached hydrogens (tertiary/aromatic N) is 1. The fraction of sp³-hybridized carbons (Fsp3) is 0.647. The van der Waals surface area contributed by atoms with Gasteiger partial charge in [-0.25, -0.2) is 0 Å². The molecular formula is C17H26N2S. The maximum atomic E-state index is 3.74. The molecule has 2 aliphatic rings. The fourth-order valence-electron chi connectivity index (χ4n) is 3.30. The van der Waals surface area contributed by atoms with E-state index in [1.165, 1.54) is 31.4 Å². The highest BCUT2D eigenvalue weighted by atomic mass is 32.2. The van der Waals surface area contributed by atoms with E-state index in [2.05, 4.69) is 65.5 Å². The van der Waals surface area contributed by atoms with Gasteiger partial charge in [0.1, 0.15) is 0 Å². The van der Waals surface area contributed by atoms with Crippen LogP contribution in [0.1, 0.15) is 37.8 Å². The highest BCUT2D eigenvalue weighted by Gasteiger charge is 2.45. The molecular weight excluding hydrogens is 264 g/mol. The lowest BCUT2D eigenvalue weighted by Gasteiger charge is -2.42. The summed E-state index contributed by atoms with van der Waals surface area (Å²) in [5.41, 5.74) is 1.43. The summed E-state index contributed by atoms with van der Waals surface area (Å²) < 4.78 is 0.575. The normalized spacial score (nSPS) is 29.3. The second kappa shape index (κ2) is 6.08. The van der Waals surface area contributed by atoms with Gasteiger partial charge in [-0.1, -0.05) is 37.3 Å². The van der Waals surface area contributed by atoms with Crippen molar-refractivity contribution in [3.05, 3.63) is 35.9 Å². The third kappa shape index (κ3) is 3.05. The lowest BCUT2D eigenvalue weighted by atomic mass is 10.0. The Morgan fingerprint density at radius 1 is 1.30 bits per heavy atom. The van der Waals surface area contributed by atoms with Crippen LogP contribution in [0.3, 0.4) is 0 Å². The van der Waals surface area contributed by atoms with Crippen LogP contribution in [0.4, 0.5) is 0 Å². The summed E-state index contributed by atoms with van der Waals surface area (Å²) in [6, 6.07) is 12.1. The van der Waals surface area contributed by atoms with Gasteiger partial charge < -0.3 is 5.32 Å². The summed E-state index contributed by atoms with van der Waals surface area (Å²) in [5.74, 6) is 0. The second-order valence-electron chi connectivity index (χ2n) is 6.25. The molecule has 0 radical (unpaired) electrons. The predicted octanol–water partition coefficient (Wildman–Crippen LogP) is 3.31. The summed E-state index contributed by atoms with van der Waals surface area (Å²) in [4.78, 5) is 2.75. The zero-order chi connectivity index (χ0) is 14.0. The molecule has 20 heavy (non-hydrogen) atoms. The molecule has 1 saturated carbocycles. The zero-order valence-corrected chi connectivity index (χ0v) is 13.5. The molecule has 1 N–H and O–H groups in total. The minimum Gasteiger partial charge on any atom is -0.307 e. The van der Waals surface area contributed by atoms with Gasteiger partial charge in [0.15, 0.2) is 0 Å². The number of hydrogen-bond acceptors (Lipinski definition) is 3. The molecule has 2 fully saturated rings. The number of nitrogens with one attached hydrogen (secondary N) is 1. The van der Waals surface area contributed by atoms with Gasteiger partial charge in [-0.05, 0) is 31.1 Å². The first kappa shape index (κ1) is 14.4. The van der Waals surface area contributed by atoms with Crippen LogP contribution >= 0.6 is 11.8 Å².